The number of nitrogens with zero attached hydrogens (tertiary/aromatic N) is 2. The third kappa shape index (κ3) is 9.35. The number of hydrogen-bond acceptors (Lipinski definition) is 15. The number of carbonyl (C=O) groups excluding carboxylic acids is 3. The second-order valence-electron chi connectivity index (χ2n) is 17.2. The lowest BCUT2D eigenvalue weighted by Gasteiger charge is -2.38. The van der Waals surface area contributed by atoms with Crippen LogP contribution in [-0.4, -0.2) is 106 Å². The van der Waals surface area contributed by atoms with Crippen molar-refractivity contribution in [2.45, 2.75) is 99.4 Å². The molecule has 0 radical (unpaired) electrons. The maximum atomic E-state index is 14.8. The summed E-state index contributed by atoms with van der Waals surface area (Å²) in [5.74, 6) is -6.94. The lowest BCUT2D eigenvalue weighted by molar-refractivity contribution is -0.160. The van der Waals surface area contributed by atoms with Crippen LogP contribution in [0.2, 0.25) is 0 Å². The molecule has 4 aromatic rings. The number of aromatic hydroxyl groups is 1. The minimum atomic E-state index is -2.06. The van der Waals surface area contributed by atoms with Crippen molar-refractivity contribution in [2.75, 3.05) is 38.7 Å². The molecule has 6 rings (SSSR count). The van der Waals surface area contributed by atoms with Crippen LogP contribution in [0.1, 0.15) is 78.2 Å². The number of likely N-dealkylation sites (N-methyl/N-ethyl adjacent to an activating group) is 1. The molecule has 3 aromatic carbocycles. The first-order valence-corrected chi connectivity index (χ1v) is 22.0. The highest BCUT2D eigenvalue weighted by molar-refractivity contribution is 6.26. The lowest BCUT2D eigenvalue weighted by atomic mass is 9.78. The van der Waals surface area contributed by atoms with Crippen molar-refractivity contribution in [1.82, 2.24) is 9.88 Å². The molecule has 350 valence electrons. The van der Waals surface area contributed by atoms with Crippen molar-refractivity contribution >= 4 is 56.3 Å². The number of ether oxygens (including phenoxy) is 5. The summed E-state index contributed by atoms with van der Waals surface area (Å²) in [5.41, 5.74) is -0.609. The minimum absolute atomic E-state index is 0.0142. The number of carbonyl (C=O) groups is 3. The van der Waals surface area contributed by atoms with E-state index in [-0.39, 0.29) is 61.1 Å². The highest BCUT2D eigenvalue weighted by Gasteiger charge is 2.49. The second-order valence-corrected chi connectivity index (χ2v) is 17.2. The van der Waals surface area contributed by atoms with Crippen molar-refractivity contribution < 1.29 is 57.8 Å². The molecule has 0 saturated heterocycles. The summed E-state index contributed by atoms with van der Waals surface area (Å²) >= 11 is 0. The van der Waals surface area contributed by atoms with Crippen LogP contribution in [0.25, 0.3) is 33.0 Å². The topological polar surface area (TPSA) is 216 Å². The Kier molecular flexibility index (Phi) is 14.8. The van der Waals surface area contributed by atoms with Gasteiger partial charge in [0.25, 0.3) is 11.7 Å². The number of ketones is 1. The molecule has 0 spiro atoms. The number of aliphatic hydroxyl groups is 2. The van der Waals surface area contributed by atoms with Gasteiger partial charge in [0.2, 0.25) is 0 Å². The van der Waals surface area contributed by atoms with E-state index in [1.165, 1.54) is 53.2 Å². The third-order valence-electron chi connectivity index (χ3n) is 12.9. The summed E-state index contributed by atoms with van der Waals surface area (Å²) in [7, 11) is 1.44. The van der Waals surface area contributed by atoms with Crippen molar-refractivity contribution in [3.63, 3.8) is 0 Å². The fourth-order valence-corrected chi connectivity index (χ4v) is 8.74. The summed E-state index contributed by atoms with van der Waals surface area (Å²) in [6.45, 7) is 19.3. The number of Topliss-reactive ketones (excluding diaryl/α,β-unsaturated/α-hetero) is 1. The van der Waals surface area contributed by atoms with Gasteiger partial charge in [-0.2, -0.15) is 0 Å². The highest BCUT2D eigenvalue weighted by atomic mass is 16.7. The number of allylic oxidation sites excluding steroid dienone is 2. The van der Waals surface area contributed by atoms with Gasteiger partial charge in [-0.25, -0.2) is 4.98 Å². The predicted octanol–water partition coefficient (Wildman–Crippen LogP) is 6.72. The Morgan fingerprint density at radius 1 is 0.969 bits per heavy atom. The molecule has 0 aliphatic carbocycles. The Labute approximate surface area is 377 Å². The quantitative estimate of drug-likeness (QED) is 0.0625. The fraction of sp³-hybridized carbons (Fsp3) is 0.490. The maximum Gasteiger partial charge on any atom is 0.312 e. The van der Waals surface area contributed by atoms with Gasteiger partial charge >= 0.3 is 11.8 Å². The fourth-order valence-electron chi connectivity index (χ4n) is 8.74. The summed E-state index contributed by atoms with van der Waals surface area (Å²) in [4.78, 5) is 62.8. The van der Waals surface area contributed by atoms with Gasteiger partial charge in [0, 0.05) is 67.7 Å². The van der Waals surface area contributed by atoms with Gasteiger partial charge in [-0.3, -0.25) is 19.2 Å². The van der Waals surface area contributed by atoms with E-state index in [1.807, 2.05) is 0 Å². The van der Waals surface area contributed by atoms with E-state index in [4.69, 9.17) is 33.1 Å². The number of methoxy groups -OCH3 is 1. The molecular weight excluding hydrogens is 839 g/mol. The number of anilines is 1. The number of nitrogens with one attached hydrogen (secondary N) is 1. The molecule has 4 N–H and O–H groups in total. The summed E-state index contributed by atoms with van der Waals surface area (Å²) in [5, 5.41) is 37.4. The van der Waals surface area contributed by atoms with Gasteiger partial charge in [-0.1, -0.05) is 65.8 Å². The normalized spacial score (nSPS) is 28.5. The van der Waals surface area contributed by atoms with Gasteiger partial charge in [0.15, 0.2) is 22.3 Å². The first kappa shape index (κ1) is 48.6. The van der Waals surface area contributed by atoms with Gasteiger partial charge in [-0.05, 0) is 45.1 Å². The van der Waals surface area contributed by atoms with E-state index >= 15 is 0 Å². The number of phenolic OH excluding ortho intramolecular Hbond substituents is 1. The zero-order valence-corrected chi connectivity index (χ0v) is 38.9. The number of phenols is 1. The van der Waals surface area contributed by atoms with Gasteiger partial charge < -0.3 is 53.6 Å². The monoisotopic (exact) mass is 899 g/mol. The predicted molar refractivity (Wildman–Crippen MR) is 245 cm³/mol. The van der Waals surface area contributed by atoms with E-state index in [1.54, 1.807) is 58.0 Å². The van der Waals surface area contributed by atoms with Crippen LogP contribution in [0.15, 0.2) is 63.6 Å². The molecule has 2 aliphatic rings. The first-order valence-electron chi connectivity index (χ1n) is 22.0. The van der Waals surface area contributed by atoms with E-state index in [0.717, 1.165) is 13.1 Å². The molecule has 1 amide bonds. The average Bonchev–Trinajstić information content (AvgIpc) is 3.55. The largest absolute Gasteiger partial charge is 0.505 e. The Morgan fingerprint density at radius 2 is 1.68 bits per heavy atom. The number of amides is 1. The Balaban J connectivity index is 1.59. The number of benzene rings is 3. The number of aliphatic hydroxyl groups excluding tert-OH is 2. The van der Waals surface area contributed by atoms with Gasteiger partial charge in [-0.15, -0.1) is 0 Å². The number of esters is 1. The standard InChI is InChI=1S/C49H61N3O13/c1-12-52(13-2)21-23-61-32-18-15-19-33-37(32)50-38-34-35-42(56)29(8)45-36(34)47(58)49(10,65-45)62-22-20-31(60-11)26(5)44(63-30(9)53)28(7)41(55)27(6)40(54)24(3)16-14-17-25(4)48(59)51-39(43(35)57)46(38)64-33/h14-20,22,24,26-28,31,40-41,44,54-55,57H,12-13,21,23H2,1-11H3,(H,51,59)/b16-14+,22-20+,25-17+/t24-,26+,27+,28+,31?,40-,41+,44+,49-/m0/s1. The number of aromatic nitrogens is 1. The molecule has 2 aliphatic heterocycles. The van der Waals surface area contributed by atoms with Crippen molar-refractivity contribution in [1.29, 1.82) is 0 Å². The van der Waals surface area contributed by atoms with E-state index < -0.39 is 82.7 Å². The lowest BCUT2D eigenvalue weighted by Crippen LogP contribution is -2.46. The van der Waals surface area contributed by atoms with Gasteiger partial charge in [0.1, 0.15) is 40.9 Å². The SMILES string of the molecule is CCN(CC)CCOc1cccc2oc3c4c(O)c5c(=O)c(C)c6c(c5c3nc12)C(=O)[C@@](C)(O/C=C/C(OC)[C@@H](C)[C@@H](OC(C)=O)[C@H](C)[C@H](O)[C@H](C)[C@@H](O)[C@@H](C)/C=C/C=C(\C)C(=O)N4)O6. The molecular formula is C49H61N3O13. The molecule has 1 unspecified atom stereocenters. The average molecular weight is 900 g/mol. The molecule has 16 heteroatoms. The first-order chi connectivity index (χ1) is 30.8. The van der Waals surface area contributed by atoms with Crippen molar-refractivity contribution in [2.24, 2.45) is 23.7 Å². The summed E-state index contributed by atoms with van der Waals surface area (Å²) in [6, 6.07) is 5.08. The van der Waals surface area contributed by atoms with Crippen LogP contribution in [0.5, 0.6) is 17.2 Å². The van der Waals surface area contributed by atoms with Crippen LogP contribution in [0.3, 0.4) is 0 Å². The number of para-hydroxylation sites is 1. The van der Waals surface area contributed by atoms with Crippen LogP contribution < -0.4 is 20.2 Å². The molecule has 0 saturated carbocycles. The minimum Gasteiger partial charge on any atom is -0.505 e. The van der Waals surface area contributed by atoms with Crippen molar-refractivity contribution in [3.05, 3.63) is 75.7 Å². The van der Waals surface area contributed by atoms with E-state index in [2.05, 4.69) is 24.1 Å². The van der Waals surface area contributed by atoms with Crippen LogP contribution in [0.4, 0.5) is 5.69 Å². The zero-order chi connectivity index (χ0) is 47.7. The van der Waals surface area contributed by atoms with Crippen LogP contribution in [0, 0.1) is 30.6 Å². The smallest absolute Gasteiger partial charge is 0.312 e. The zero-order valence-electron chi connectivity index (χ0n) is 38.9. The Bertz CT molecular complexity index is 2630. The maximum absolute atomic E-state index is 14.8. The number of hydrogen-bond donors (Lipinski definition) is 4. The number of fused-ring (bicyclic) bond motifs is 2. The second kappa shape index (κ2) is 19.7. The summed E-state index contributed by atoms with van der Waals surface area (Å²) in [6.07, 6.45) is 3.61. The molecule has 1 aromatic heterocycles. The molecule has 4 bridgehead atoms. The van der Waals surface area contributed by atoms with E-state index in [0.29, 0.717) is 18.9 Å². The van der Waals surface area contributed by atoms with E-state index in [9.17, 15) is 34.5 Å². The third-order valence-corrected chi connectivity index (χ3v) is 12.9. The van der Waals surface area contributed by atoms with Crippen molar-refractivity contribution in [3.8, 4) is 17.2 Å². The van der Waals surface area contributed by atoms with Gasteiger partial charge in [0.05, 0.1) is 35.5 Å². The van der Waals surface area contributed by atoms with Crippen LogP contribution in [-0.2, 0) is 23.8 Å². The summed E-state index contributed by atoms with van der Waals surface area (Å²) < 4.78 is 36.6. The molecule has 16 nitrogen and oxygen atoms in total. The number of rotatable bonds is 8. The molecule has 65 heavy (non-hydrogen) atoms. The van der Waals surface area contributed by atoms with Crippen LogP contribution >= 0.6 is 0 Å². The highest BCUT2D eigenvalue weighted by Crippen LogP contribution is 2.49. The molecule has 9 atom stereocenters. The molecule has 0 fully saturated rings. The Morgan fingerprint density at radius 3 is 2.34 bits per heavy atom. The Hall–Kier alpha value is -5.81. The molecule has 3 heterocycles.